The van der Waals surface area contributed by atoms with Gasteiger partial charge in [-0.15, -0.1) is 0 Å². The second-order valence-corrected chi connectivity index (χ2v) is 3.24. The van der Waals surface area contributed by atoms with E-state index < -0.39 is 11.9 Å². The predicted molar refractivity (Wildman–Crippen MR) is 45.8 cm³/mol. The molecule has 0 aromatic carbocycles. The van der Waals surface area contributed by atoms with Gasteiger partial charge in [0.05, 0.1) is 4.47 Å². The molecule has 0 aliphatic carbocycles. The topological polar surface area (TPSA) is 63.1 Å². The number of hydrogen-bond donors (Lipinski definition) is 1. The van der Waals surface area contributed by atoms with Crippen molar-refractivity contribution in [1.82, 2.24) is 9.97 Å². The summed E-state index contributed by atoms with van der Waals surface area (Å²) in [7, 11) is 0. The molecule has 5 heteroatoms. The van der Waals surface area contributed by atoms with E-state index in [2.05, 4.69) is 25.9 Å². The molecule has 0 amide bonds. The van der Waals surface area contributed by atoms with Crippen molar-refractivity contribution in [1.29, 1.82) is 0 Å². The molecule has 0 saturated carbocycles. The maximum atomic E-state index is 10.5. The van der Waals surface area contributed by atoms with Crippen LogP contribution in [-0.4, -0.2) is 21.0 Å². The summed E-state index contributed by atoms with van der Waals surface area (Å²) in [5.41, 5.74) is 0. The highest BCUT2D eigenvalue weighted by Gasteiger charge is 2.15. The summed E-state index contributed by atoms with van der Waals surface area (Å²) in [4.78, 5) is 18.2. The average Bonchev–Trinajstić information content (AvgIpc) is 2.04. The first-order valence-electron chi connectivity index (χ1n) is 3.31. The number of carboxylic acid groups (broad SMARTS) is 1. The molecule has 1 atom stereocenters. The summed E-state index contributed by atoms with van der Waals surface area (Å²) >= 11 is 3.16. The number of carboxylic acids is 1. The van der Waals surface area contributed by atoms with Gasteiger partial charge in [0.1, 0.15) is 11.7 Å². The van der Waals surface area contributed by atoms with Crippen molar-refractivity contribution in [2.45, 2.75) is 12.8 Å². The second kappa shape index (κ2) is 3.62. The number of aliphatic carboxylic acids is 1. The molecule has 0 radical (unpaired) electrons. The van der Waals surface area contributed by atoms with E-state index in [1.54, 1.807) is 6.92 Å². The smallest absolute Gasteiger partial charge is 0.313 e. The van der Waals surface area contributed by atoms with Crippen molar-refractivity contribution in [3.05, 3.63) is 22.7 Å². The van der Waals surface area contributed by atoms with Crippen LogP contribution in [0, 0.1) is 0 Å². The Morgan fingerprint density at radius 2 is 2.08 bits per heavy atom. The Morgan fingerprint density at radius 3 is 2.50 bits per heavy atom. The molecule has 1 unspecified atom stereocenters. The first kappa shape index (κ1) is 9.12. The highest BCUT2D eigenvalue weighted by atomic mass is 79.9. The third-order valence-electron chi connectivity index (χ3n) is 1.40. The highest BCUT2D eigenvalue weighted by molar-refractivity contribution is 9.10. The van der Waals surface area contributed by atoms with Crippen LogP contribution in [0.15, 0.2) is 16.9 Å². The lowest BCUT2D eigenvalue weighted by Gasteiger charge is -2.02. The van der Waals surface area contributed by atoms with Gasteiger partial charge in [0, 0.05) is 12.4 Å². The molecular formula is C7H7BrN2O2. The van der Waals surface area contributed by atoms with Crippen LogP contribution in [0.4, 0.5) is 0 Å². The predicted octanol–water partition coefficient (Wildman–Crippen LogP) is 1.43. The Labute approximate surface area is 77.8 Å². The molecule has 12 heavy (non-hydrogen) atoms. The number of nitrogens with zero attached hydrogens (tertiary/aromatic N) is 2. The molecule has 0 bridgehead atoms. The third-order valence-corrected chi connectivity index (χ3v) is 1.81. The first-order chi connectivity index (χ1) is 5.61. The van der Waals surface area contributed by atoms with Crippen LogP contribution in [0.5, 0.6) is 0 Å². The van der Waals surface area contributed by atoms with Crippen LogP contribution in [-0.2, 0) is 4.79 Å². The van der Waals surface area contributed by atoms with Gasteiger partial charge in [-0.3, -0.25) is 4.79 Å². The fraction of sp³-hybridized carbons (Fsp3) is 0.286. The molecule has 1 heterocycles. The van der Waals surface area contributed by atoms with Gasteiger partial charge in [-0.1, -0.05) is 0 Å². The molecule has 0 aliphatic rings. The SMILES string of the molecule is CC(C(=O)O)c1ncc(Br)cn1. The van der Waals surface area contributed by atoms with E-state index >= 15 is 0 Å². The quantitative estimate of drug-likeness (QED) is 0.836. The molecule has 0 saturated heterocycles. The van der Waals surface area contributed by atoms with Gasteiger partial charge < -0.3 is 5.11 Å². The Balaban J connectivity index is 2.89. The van der Waals surface area contributed by atoms with Crippen LogP contribution >= 0.6 is 15.9 Å². The van der Waals surface area contributed by atoms with E-state index in [0.717, 1.165) is 4.47 Å². The second-order valence-electron chi connectivity index (χ2n) is 2.32. The average molecular weight is 231 g/mol. The molecular weight excluding hydrogens is 224 g/mol. The number of aromatic nitrogens is 2. The minimum Gasteiger partial charge on any atom is -0.481 e. The van der Waals surface area contributed by atoms with E-state index in [-0.39, 0.29) is 0 Å². The molecule has 0 aliphatic heterocycles. The van der Waals surface area contributed by atoms with Crippen molar-refractivity contribution in [3.63, 3.8) is 0 Å². The Bertz CT molecular complexity index is 286. The minimum absolute atomic E-state index is 0.325. The van der Waals surface area contributed by atoms with Crippen molar-refractivity contribution in [3.8, 4) is 0 Å². The van der Waals surface area contributed by atoms with Gasteiger partial charge in [-0.05, 0) is 22.9 Å². The zero-order chi connectivity index (χ0) is 9.14. The van der Waals surface area contributed by atoms with Crippen LogP contribution in [0.25, 0.3) is 0 Å². The Kier molecular flexibility index (Phi) is 2.75. The molecule has 4 nitrogen and oxygen atoms in total. The van der Waals surface area contributed by atoms with Gasteiger partial charge in [0.15, 0.2) is 0 Å². The van der Waals surface area contributed by atoms with E-state index in [4.69, 9.17) is 5.11 Å². The summed E-state index contributed by atoms with van der Waals surface area (Å²) in [5.74, 6) is -1.25. The van der Waals surface area contributed by atoms with Gasteiger partial charge in [-0.25, -0.2) is 9.97 Å². The molecule has 64 valence electrons. The highest BCUT2D eigenvalue weighted by Crippen LogP contribution is 2.11. The summed E-state index contributed by atoms with van der Waals surface area (Å²) in [6, 6.07) is 0. The lowest BCUT2D eigenvalue weighted by molar-refractivity contribution is -0.138. The molecule has 1 rings (SSSR count). The standard InChI is InChI=1S/C7H7BrN2O2/c1-4(7(11)12)6-9-2-5(8)3-10-6/h2-4H,1H3,(H,11,12). The summed E-state index contributed by atoms with van der Waals surface area (Å²) in [6.07, 6.45) is 3.06. The van der Waals surface area contributed by atoms with E-state index in [0.29, 0.717) is 5.82 Å². The summed E-state index contributed by atoms with van der Waals surface area (Å²) in [6.45, 7) is 1.55. The number of halogens is 1. The van der Waals surface area contributed by atoms with Crippen molar-refractivity contribution >= 4 is 21.9 Å². The number of rotatable bonds is 2. The Morgan fingerprint density at radius 1 is 1.58 bits per heavy atom. The largest absolute Gasteiger partial charge is 0.481 e. The van der Waals surface area contributed by atoms with Gasteiger partial charge in [0.25, 0.3) is 0 Å². The zero-order valence-corrected chi connectivity index (χ0v) is 7.95. The summed E-state index contributed by atoms with van der Waals surface area (Å²) < 4.78 is 0.740. The molecule has 1 aromatic heterocycles. The van der Waals surface area contributed by atoms with Gasteiger partial charge in [0.2, 0.25) is 0 Å². The number of hydrogen-bond acceptors (Lipinski definition) is 3. The van der Waals surface area contributed by atoms with Gasteiger partial charge in [-0.2, -0.15) is 0 Å². The van der Waals surface area contributed by atoms with Gasteiger partial charge >= 0.3 is 5.97 Å². The number of carbonyl (C=O) groups is 1. The summed E-state index contributed by atoms with van der Waals surface area (Å²) in [5, 5.41) is 8.61. The van der Waals surface area contributed by atoms with Crippen LogP contribution in [0.1, 0.15) is 18.7 Å². The molecule has 1 aromatic rings. The van der Waals surface area contributed by atoms with Crippen LogP contribution in [0.2, 0.25) is 0 Å². The fourth-order valence-electron chi connectivity index (χ4n) is 0.656. The van der Waals surface area contributed by atoms with E-state index in [1.165, 1.54) is 12.4 Å². The lowest BCUT2D eigenvalue weighted by atomic mass is 10.2. The van der Waals surface area contributed by atoms with Crippen LogP contribution < -0.4 is 0 Å². The van der Waals surface area contributed by atoms with Crippen molar-refractivity contribution in [2.75, 3.05) is 0 Å². The zero-order valence-electron chi connectivity index (χ0n) is 6.36. The fourth-order valence-corrected chi connectivity index (χ4v) is 0.861. The third kappa shape index (κ3) is 2.01. The van der Waals surface area contributed by atoms with E-state index in [9.17, 15) is 4.79 Å². The van der Waals surface area contributed by atoms with E-state index in [1.807, 2.05) is 0 Å². The van der Waals surface area contributed by atoms with Crippen LogP contribution in [0.3, 0.4) is 0 Å². The van der Waals surface area contributed by atoms with Crippen molar-refractivity contribution < 1.29 is 9.90 Å². The normalized spacial score (nSPS) is 12.5. The molecule has 0 fully saturated rings. The maximum absolute atomic E-state index is 10.5. The maximum Gasteiger partial charge on any atom is 0.313 e. The van der Waals surface area contributed by atoms with Crippen molar-refractivity contribution in [2.24, 2.45) is 0 Å². The minimum atomic E-state index is -0.919. The lowest BCUT2D eigenvalue weighted by Crippen LogP contribution is -2.10. The molecule has 0 spiro atoms. The monoisotopic (exact) mass is 230 g/mol. The Hall–Kier alpha value is -0.970. The first-order valence-corrected chi connectivity index (χ1v) is 4.11. The molecule has 1 N–H and O–H groups in total.